The van der Waals surface area contributed by atoms with Crippen LogP contribution in [0.25, 0.3) is 0 Å². The van der Waals surface area contributed by atoms with Crippen LogP contribution in [0.2, 0.25) is 5.02 Å². The van der Waals surface area contributed by atoms with Crippen molar-refractivity contribution in [2.75, 3.05) is 6.54 Å². The van der Waals surface area contributed by atoms with Gasteiger partial charge in [0.25, 0.3) is 0 Å². The monoisotopic (exact) mass is 363 g/mol. The molecule has 1 heterocycles. The number of sulfonamides is 1. The summed E-state index contributed by atoms with van der Waals surface area (Å²) < 4.78 is 28.1. The van der Waals surface area contributed by atoms with Gasteiger partial charge in [0.2, 0.25) is 10.0 Å². The van der Waals surface area contributed by atoms with Crippen molar-refractivity contribution in [3.8, 4) is 0 Å². The predicted molar refractivity (Wildman–Crippen MR) is 97.7 cm³/mol. The fraction of sp³-hybridized carbons (Fsp3) is 0.368. The van der Waals surface area contributed by atoms with E-state index >= 15 is 0 Å². The highest BCUT2D eigenvalue weighted by molar-refractivity contribution is 7.89. The molecule has 1 aliphatic rings. The van der Waals surface area contributed by atoms with Crippen LogP contribution in [0.3, 0.4) is 0 Å². The van der Waals surface area contributed by atoms with E-state index in [-0.39, 0.29) is 6.04 Å². The van der Waals surface area contributed by atoms with Gasteiger partial charge in [0, 0.05) is 11.6 Å². The average Bonchev–Trinajstić information content (AvgIpc) is 2.81. The summed E-state index contributed by atoms with van der Waals surface area (Å²) in [6.07, 6.45) is 3.87. The lowest BCUT2D eigenvalue weighted by Gasteiger charge is -2.29. The minimum Gasteiger partial charge on any atom is -0.207 e. The van der Waals surface area contributed by atoms with E-state index in [1.807, 2.05) is 25.1 Å². The first-order chi connectivity index (χ1) is 11.5. The molecule has 0 radical (unpaired) electrons. The number of nitrogens with zero attached hydrogens (tertiary/aromatic N) is 1. The van der Waals surface area contributed by atoms with Gasteiger partial charge in [-0.15, -0.1) is 0 Å². The Labute approximate surface area is 149 Å². The number of halogens is 1. The Morgan fingerprint density at radius 1 is 1.04 bits per heavy atom. The molecule has 0 aliphatic carbocycles. The molecule has 0 spiro atoms. The summed E-state index contributed by atoms with van der Waals surface area (Å²) in [6.45, 7) is 2.60. The Hall–Kier alpha value is -1.36. The fourth-order valence-electron chi connectivity index (χ4n) is 3.32. The van der Waals surface area contributed by atoms with E-state index in [2.05, 4.69) is 6.07 Å². The second kappa shape index (κ2) is 7.26. The van der Waals surface area contributed by atoms with Crippen LogP contribution in [0.15, 0.2) is 53.4 Å². The highest BCUT2D eigenvalue weighted by Gasteiger charge is 2.33. The van der Waals surface area contributed by atoms with Crippen molar-refractivity contribution in [3.63, 3.8) is 0 Å². The average molecular weight is 364 g/mol. The fourth-order valence-corrected chi connectivity index (χ4v) is 5.13. The molecule has 1 fully saturated rings. The molecule has 0 unspecified atom stereocenters. The van der Waals surface area contributed by atoms with Crippen LogP contribution >= 0.6 is 11.6 Å². The smallest absolute Gasteiger partial charge is 0.207 e. The van der Waals surface area contributed by atoms with E-state index in [1.54, 1.807) is 28.6 Å². The molecular formula is C19H22ClNO2S. The number of rotatable bonds is 3. The first kappa shape index (κ1) is 17.5. The van der Waals surface area contributed by atoms with Gasteiger partial charge in [0.1, 0.15) is 0 Å². The SMILES string of the molecule is Cc1cccc([C@H]2CCCCCN2S(=O)(=O)c2ccc(Cl)cc2)c1. The van der Waals surface area contributed by atoms with Gasteiger partial charge in [0.05, 0.1) is 10.9 Å². The summed E-state index contributed by atoms with van der Waals surface area (Å²) in [5.74, 6) is 0. The van der Waals surface area contributed by atoms with Crippen LogP contribution in [0, 0.1) is 6.92 Å². The highest BCUT2D eigenvalue weighted by Crippen LogP contribution is 2.35. The first-order valence-electron chi connectivity index (χ1n) is 8.32. The van der Waals surface area contributed by atoms with Crippen LogP contribution in [0.4, 0.5) is 0 Å². The number of hydrogen-bond acceptors (Lipinski definition) is 2. The van der Waals surface area contributed by atoms with Crippen LogP contribution < -0.4 is 0 Å². The minimum absolute atomic E-state index is 0.104. The molecule has 24 heavy (non-hydrogen) atoms. The molecule has 5 heteroatoms. The predicted octanol–water partition coefficient (Wildman–Crippen LogP) is 4.95. The maximum Gasteiger partial charge on any atom is 0.243 e. The Morgan fingerprint density at radius 2 is 1.79 bits per heavy atom. The minimum atomic E-state index is -3.54. The molecule has 1 aliphatic heterocycles. The van der Waals surface area contributed by atoms with Gasteiger partial charge in [-0.2, -0.15) is 4.31 Å². The standard InChI is InChI=1S/C19H22ClNO2S/c1-15-6-5-7-16(14-15)19-8-3-2-4-13-21(19)24(22,23)18-11-9-17(20)10-12-18/h5-7,9-12,14,19H,2-4,8,13H2,1H3/t19-/m1/s1. The summed E-state index contributed by atoms with van der Waals surface area (Å²) in [6, 6.07) is 14.5. The van der Waals surface area contributed by atoms with Gasteiger partial charge in [0.15, 0.2) is 0 Å². The summed E-state index contributed by atoms with van der Waals surface area (Å²) in [5, 5.41) is 0.542. The third-order valence-electron chi connectivity index (χ3n) is 4.55. The van der Waals surface area contributed by atoms with E-state index in [4.69, 9.17) is 11.6 Å². The number of benzene rings is 2. The van der Waals surface area contributed by atoms with E-state index in [1.165, 1.54) is 0 Å². The number of hydrogen-bond donors (Lipinski definition) is 0. The second-order valence-corrected chi connectivity index (χ2v) is 8.68. The number of aryl methyl sites for hydroxylation is 1. The molecule has 3 nitrogen and oxygen atoms in total. The van der Waals surface area contributed by atoms with Crippen molar-refractivity contribution in [3.05, 3.63) is 64.7 Å². The molecule has 3 rings (SSSR count). The Balaban J connectivity index is 2.02. The normalized spacial score (nSPS) is 19.8. The molecule has 2 aromatic carbocycles. The van der Waals surface area contributed by atoms with Gasteiger partial charge >= 0.3 is 0 Å². The Kier molecular flexibility index (Phi) is 5.28. The zero-order valence-electron chi connectivity index (χ0n) is 13.8. The third-order valence-corrected chi connectivity index (χ3v) is 6.73. The van der Waals surface area contributed by atoms with Gasteiger partial charge in [-0.3, -0.25) is 0 Å². The van der Waals surface area contributed by atoms with Crippen molar-refractivity contribution in [1.29, 1.82) is 0 Å². The van der Waals surface area contributed by atoms with E-state index in [9.17, 15) is 8.42 Å². The summed E-state index contributed by atoms with van der Waals surface area (Å²) >= 11 is 5.91. The molecule has 1 atom stereocenters. The van der Waals surface area contributed by atoms with Gasteiger partial charge in [-0.05, 0) is 49.6 Å². The molecule has 128 valence electrons. The lowest BCUT2D eigenvalue weighted by molar-refractivity contribution is 0.329. The second-order valence-electron chi connectivity index (χ2n) is 6.35. The van der Waals surface area contributed by atoms with Gasteiger partial charge < -0.3 is 0 Å². The van der Waals surface area contributed by atoms with E-state index in [0.29, 0.717) is 16.5 Å². The summed E-state index contributed by atoms with van der Waals surface area (Å²) in [4.78, 5) is 0.312. The van der Waals surface area contributed by atoms with E-state index < -0.39 is 10.0 Å². The van der Waals surface area contributed by atoms with E-state index in [0.717, 1.165) is 36.8 Å². The maximum absolute atomic E-state index is 13.2. The van der Waals surface area contributed by atoms with Gasteiger partial charge in [-0.25, -0.2) is 8.42 Å². The zero-order valence-corrected chi connectivity index (χ0v) is 15.4. The maximum atomic E-state index is 13.2. The molecule has 2 aromatic rings. The van der Waals surface area contributed by atoms with Crippen molar-refractivity contribution in [1.82, 2.24) is 4.31 Å². The van der Waals surface area contributed by atoms with Crippen LogP contribution in [-0.4, -0.2) is 19.3 Å². The van der Waals surface area contributed by atoms with Crippen molar-refractivity contribution in [2.45, 2.75) is 43.5 Å². The lowest BCUT2D eigenvalue weighted by atomic mass is 10.0. The lowest BCUT2D eigenvalue weighted by Crippen LogP contribution is -2.34. The largest absolute Gasteiger partial charge is 0.243 e. The van der Waals surface area contributed by atoms with Crippen molar-refractivity contribution >= 4 is 21.6 Å². The van der Waals surface area contributed by atoms with Crippen molar-refractivity contribution in [2.24, 2.45) is 0 Å². The topological polar surface area (TPSA) is 37.4 Å². The Morgan fingerprint density at radius 3 is 2.50 bits per heavy atom. The quantitative estimate of drug-likeness (QED) is 0.773. The van der Waals surface area contributed by atoms with Crippen LogP contribution in [0.5, 0.6) is 0 Å². The van der Waals surface area contributed by atoms with Crippen LogP contribution in [0.1, 0.15) is 42.9 Å². The molecule has 0 bridgehead atoms. The zero-order chi connectivity index (χ0) is 17.2. The molecule has 0 saturated carbocycles. The molecule has 0 amide bonds. The van der Waals surface area contributed by atoms with Crippen LogP contribution in [-0.2, 0) is 10.0 Å². The Bertz CT molecular complexity index is 802. The van der Waals surface area contributed by atoms with Gasteiger partial charge in [-0.1, -0.05) is 54.3 Å². The first-order valence-corrected chi connectivity index (χ1v) is 10.1. The third kappa shape index (κ3) is 3.66. The van der Waals surface area contributed by atoms with Crippen molar-refractivity contribution < 1.29 is 8.42 Å². The summed E-state index contributed by atoms with van der Waals surface area (Å²) in [7, 11) is -3.54. The highest BCUT2D eigenvalue weighted by atomic mass is 35.5. The molecule has 0 aromatic heterocycles. The summed E-state index contributed by atoms with van der Waals surface area (Å²) in [5.41, 5.74) is 2.23. The molecule has 1 saturated heterocycles. The molecular weight excluding hydrogens is 342 g/mol. The molecule has 0 N–H and O–H groups in total.